The maximum Gasteiger partial charge on any atom is 0.446 e. The van der Waals surface area contributed by atoms with E-state index in [0.29, 0.717) is 18.1 Å². The van der Waals surface area contributed by atoms with Gasteiger partial charge >= 0.3 is 5.51 Å². The Hall–Kier alpha value is -1.80. The molecule has 0 aliphatic carbocycles. The van der Waals surface area contributed by atoms with E-state index >= 15 is 0 Å². The molecule has 0 radical (unpaired) electrons. The van der Waals surface area contributed by atoms with Crippen molar-refractivity contribution in [3.63, 3.8) is 0 Å². The summed E-state index contributed by atoms with van der Waals surface area (Å²) >= 11 is -0.136. The number of benzene rings is 1. The lowest BCUT2D eigenvalue weighted by atomic mass is 10.2. The maximum atomic E-state index is 12.2. The van der Waals surface area contributed by atoms with Crippen LogP contribution in [0.3, 0.4) is 0 Å². The Morgan fingerprint density at radius 3 is 2.57 bits per heavy atom. The third-order valence-corrected chi connectivity index (χ3v) is 3.74. The molecular formula is C15H16F3N3OS. The highest BCUT2D eigenvalue weighted by atomic mass is 32.2. The number of aromatic nitrogens is 2. The summed E-state index contributed by atoms with van der Waals surface area (Å²) in [5.41, 5.74) is -3.53. The SMILES string of the molecule is CNC(C)Cc1noc(/C=C/c2ccc(SC(F)(F)F)cc2)n1. The minimum Gasteiger partial charge on any atom is -0.335 e. The van der Waals surface area contributed by atoms with Crippen molar-refractivity contribution < 1.29 is 17.7 Å². The fourth-order valence-electron chi connectivity index (χ4n) is 1.74. The van der Waals surface area contributed by atoms with Crippen molar-refractivity contribution in [1.29, 1.82) is 0 Å². The maximum absolute atomic E-state index is 12.2. The molecule has 23 heavy (non-hydrogen) atoms. The van der Waals surface area contributed by atoms with Crippen LogP contribution in [0.5, 0.6) is 0 Å². The van der Waals surface area contributed by atoms with E-state index in [1.165, 1.54) is 12.1 Å². The standard InChI is InChI=1S/C15H16F3N3OS/c1-10(19-2)9-13-20-14(22-21-13)8-5-11-3-6-12(7-4-11)23-15(16,17)18/h3-8,10,19H,9H2,1-2H3/b8-5+. The van der Waals surface area contributed by atoms with Crippen LogP contribution in [0, 0.1) is 0 Å². The smallest absolute Gasteiger partial charge is 0.335 e. The second kappa shape index (κ2) is 7.65. The third-order valence-electron chi connectivity index (χ3n) is 3.00. The lowest BCUT2D eigenvalue weighted by Crippen LogP contribution is -2.24. The van der Waals surface area contributed by atoms with Crippen LogP contribution < -0.4 is 5.32 Å². The Morgan fingerprint density at radius 2 is 1.96 bits per heavy atom. The molecule has 0 saturated heterocycles. The Labute approximate surface area is 136 Å². The molecule has 2 rings (SSSR count). The summed E-state index contributed by atoms with van der Waals surface area (Å²) in [5, 5.41) is 6.95. The minimum absolute atomic E-state index is 0.136. The van der Waals surface area contributed by atoms with Gasteiger partial charge in [0.1, 0.15) is 0 Å². The van der Waals surface area contributed by atoms with Gasteiger partial charge in [0, 0.05) is 23.4 Å². The van der Waals surface area contributed by atoms with Gasteiger partial charge in [0.25, 0.3) is 5.89 Å². The average Bonchev–Trinajstić information content (AvgIpc) is 2.92. The summed E-state index contributed by atoms with van der Waals surface area (Å²) in [6.07, 6.45) is 3.99. The van der Waals surface area contributed by atoms with Gasteiger partial charge in [0.2, 0.25) is 0 Å². The number of nitrogens with zero attached hydrogens (tertiary/aromatic N) is 2. The van der Waals surface area contributed by atoms with Crippen molar-refractivity contribution >= 4 is 23.9 Å². The number of hydrogen-bond acceptors (Lipinski definition) is 5. The van der Waals surface area contributed by atoms with Crippen LogP contribution in [-0.2, 0) is 6.42 Å². The van der Waals surface area contributed by atoms with Crippen LogP contribution in [0.1, 0.15) is 24.2 Å². The summed E-state index contributed by atoms with van der Waals surface area (Å²) in [4.78, 5) is 4.37. The van der Waals surface area contributed by atoms with Crippen molar-refractivity contribution in [2.75, 3.05) is 7.05 Å². The van der Waals surface area contributed by atoms with Gasteiger partial charge in [-0.1, -0.05) is 17.3 Å². The van der Waals surface area contributed by atoms with Gasteiger partial charge in [0.15, 0.2) is 5.82 Å². The first-order valence-corrected chi connectivity index (χ1v) is 7.71. The Balaban J connectivity index is 1.97. The first-order valence-electron chi connectivity index (χ1n) is 6.89. The van der Waals surface area contributed by atoms with E-state index < -0.39 is 5.51 Å². The van der Waals surface area contributed by atoms with Crippen LogP contribution >= 0.6 is 11.8 Å². The topological polar surface area (TPSA) is 51.0 Å². The predicted molar refractivity (Wildman–Crippen MR) is 83.8 cm³/mol. The quantitative estimate of drug-likeness (QED) is 0.804. The van der Waals surface area contributed by atoms with Gasteiger partial charge in [0.05, 0.1) is 0 Å². The molecule has 4 nitrogen and oxygen atoms in total. The van der Waals surface area contributed by atoms with E-state index in [0.717, 1.165) is 5.56 Å². The van der Waals surface area contributed by atoms with Crippen LogP contribution in [0.4, 0.5) is 13.2 Å². The molecule has 1 unspecified atom stereocenters. The molecule has 0 fully saturated rings. The molecule has 0 bridgehead atoms. The molecule has 0 amide bonds. The number of rotatable bonds is 6. The highest BCUT2D eigenvalue weighted by Gasteiger charge is 2.28. The molecule has 1 atom stereocenters. The summed E-state index contributed by atoms with van der Waals surface area (Å²) in [7, 11) is 1.85. The van der Waals surface area contributed by atoms with E-state index in [1.54, 1.807) is 24.3 Å². The largest absolute Gasteiger partial charge is 0.446 e. The molecular weight excluding hydrogens is 327 g/mol. The Morgan fingerprint density at radius 1 is 1.26 bits per heavy atom. The molecule has 1 aromatic carbocycles. The van der Waals surface area contributed by atoms with Crippen molar-refractivity contribution in [2.45, 2.75) is 29.8 Å². The van der Waals surface area contributed by atoms with Crippen LogP contribution in [0.25, 0.3) is 12.2 Å². The van der Waals surface area contributed by atoms with E-state index in [-0.39, 0.29) is 22.7 Å². The van der Waals surface area contributed by atoms with Crippen LogP contribution in [0.15, 0.2) is 33.7 Å². The first kappa shape index (κ1) is 17.6. The van der Waals surface area contributed by atoms with Gasteiger partial charge in [-0.2, -0.15) is 18.2 Å². The van der Waals surface area contributed by atoms with Gasteiger partial charge in [-0.05, 0) is 49.5 Å². The molecule has 124 valence electrons. The average molecular weight is 343 g/mol. The van der Waals surface area contributed by atoms with Gasteiger partial charge in [-0.3, -0.25) is 0 Å². The summed E-state index contributed by atoms with van der Waals surface area (Å²) in [6.45, 7) is 2.01. The molecule has 0 aliphatic heterocycles. The summed E-state index contributed by atoms with van der Waals surface area (Å²) < 4.78 is 41.8. The number of hydrogen-bond donors (Lipinski definition) is 1. The van der Waals surface area contributed by atoms with Crippen LogP contribution in [0.2, 0.25) is 0 Å². The lowest BCUT2D eigenvalue weighted by Gasteiger charge is -2.05. The first-order chi connectivity index (χ1) is 10.9. The Kier molecular flexibility index (Phi) is 5.84. The third kappa shape index (κ3) is 6.07. The number of nitrogens with one attached hydrogen (secondary N) is 1. The van der Waals surface area contributed by atoms with Crippen molar-refractivity contribution in [2.24, 2.45) is 0 Å². The molecule has 0 aliphatic rings. The predicted octanol–water partition coefficient (Wildman–Crippen LogP) is 4.00. The number of thioether (sulfide) groups is 1. The molecule has 0 spiro atoms. The van der Waals surface area contributed by atoms with Crippen molar-refractivity contribution in [1.82, 2.24) is 15.5 Å². The lowest BCUT2D eigenvalue weighted by molar-refractivity contribution is -0.0328. The molecule has 1 heterocycles. The fourth-order valence-corrected chi connectivity index (χ4v) is 2.28. The molecule has 8 heteroatoms. The second-order valence-corrected chi connectivity index (χ2v) is 6.03. The van der Waals surface area contributed by atoms with Crippen LogP contribution in [-0.4, -0.2) is 28.7 Å². The van der Waals surface area contributed by atoms with Crippen molar-refractivity contribution in [3.05, 3.63) is 41.5 Å². The van der Waals surface area contributed by atoms with Gasteiger partial charge in [-0.15, -0.1) is 0 Å². The second-order valence-electron chi connectivity index (χ2n) is 4.89. The summed E-state index contributed by atoms with van der Waals surface area (Å²) in [5.74, 6) is 0.959. The molecule has 1 aromatic heterocycles. The zero-order chi connectivity index (χ0) is 16.9. The van der Waals surface area contributed by atoms with E-state index in [4.69, 9.17) is 4.52 Å². The van der Waals surface area contributed by atoms with E-state index in [1.807, 2.05) is 14.0 Å². The number of halogens is 3. The van der Waals surface area contributed by atoms with E-state index in [9.17, 15) is 13.2 Å². The molecule has 2 aromatic rings. The zero-order valence-electron chi connectivity index (χ0n) is 12.6. The number of alkyl halides is 3. The van der Waals surface area contributed by atoms with E-state index in [2.05, 4.69) is 15.5 Å². The normalized spacial score (nSPS) is 13.6. The van der Waals surface area contributed by atoms with Crippen molar-refractivity contribution in [3.8, 4) is 0 Å². The van der Waals surface area contributed by atoms with Gasteiger partial charge in [-0.25, -0.2) is 0 Å². The fraction of sp³-hybridized carbons (Fsp3) is 0.333. The molecule has 0 saturated carbocycles. The minimum atomic E-state index is -4.28. The summed E-state index contributed by atoms with van der Waals surface area (Å²) in [6, 6.07) is 6.29. The Bertz CT molecular complexity index is 653. The number of likely N-dealkylation sites (N-methyl/N-ethyl adjacent to an activating group) is 1. The highest BCUT2D eigenvalue weighted by molar-refractivity contribution is 8.00. The zero-order valence-corrected chi connectivity index (χ0v) is 13.4. The van der Waals surface area contributed by atoms with Gasteiger partial charge < -0.3 is 9.84 Å². The highest BCUT2D eigenvalue weighted by Crippen LogP contribution is 2.36. The molecule has 1 N–H and O–H groups in total. The monoisotopic (exact) mass is 343 g/mol.